The van der Waals surface area contributed by atoms with E-state index in [1.807, 2.05) is 10.7 Å². The van der Waals surface area contributed by atoms with Crippen LogP contribution in [0.2, 0.25) is 0 Å². The largest absolute Gasteiger partial charge is 0.354 e. The standard InChI is InChI=1S/C18H18N4/c1-11(2)16-14-6-4-5-7-15(14)21-17(16)13-8-12(3)18-19-10-20-22(18)9-13/h4-11,21H,1-3H3. The first-order valence-electron chi connectivity index (χ1n) is 7.56. The molecule has 3 heterocycles. The molecule has 0 aliphatic heterocycles. The van der Waals surface area contributed by atoms with E-state index in [0.29, 0.717) is 5.92 Å². The number of aromatic amines is 1. The Morgan fingerprint density at radius 3 is 2.82 bits per heavy atom. The molecule has 1 N–H and O–H groups in total. The molecule has 110 valence electrons. The number of hydrogen-bond acceptors (Lipinski definition) is 2. The minimum Gasteiger partial charge on any atom is -0.354 e. The third-order valence-corrected chi connectivity index (χ3v) is 4.17. The van der Waals surface area contributed by atoms with Crippen molar-refractivity contribution in [3.8, 4) is 11.3 Å². The first-order valence-corrected chi connectivity index (χ1v) is 7.56. The van der Waals surface area contributed by atoms with Crippen LogP contribution in [0.4, 0.5) is 0 Å². The van der Waals surface area contributed by atoms with Crippen LogP contribution in [0.1, 0.15) is 30.9 Å². The number of nitrogens with one attached hydrogen (secondary N) is 1. The molecule has 0 fully saturated rings. The fraction of sp³-hybridized carbons (Fsp3) is 0.222. The van der Waals surface area contributed by atoms with Crippen LogP contribution in [0.25, 0.3) is 27.8 Å². The second kappa shape index (κ2) is 4.70. The van der Waals surface area contributed by atoms with Gasteiger partial charge < -0.3 is 4.98 Å². The van der Waals surface area contributed by atoms with Crippen molar-refractivity contribution in [1.82, 2.24) is 19.6 Å². The number of pyridine rings is 1. The summed E-state index contributed by atoms with van der Waals surface area (Å²) in [6, 6.07) is 10.7. The van der Waals surface area contributed by atoms with E-state index in [1.54, 1.807) is 6.33 Å². The summed E-state index contributed by atoms with van der Waals surface area (Å²) >= 11 is 0. The maximum Gasteiger partial charge on any atom is 0.158 e. The minimum absolute atomic E-state index is 0.442. The number of para-hydroxylation sites is 1. The summed E-state index contributed by atoms with van der Waals surface area (Å²) in [7, 11) is 0. The molecule has 22 heavy (non-hydrogen) atoms. The number of aromatic nitrogens is 4. The van der Waals surface area contributed by atoms with E-state index in [4.69, 9.17) is 0 Å². The average Bonchev–Trinajstić information content (AvgIpc) is 3.11. The number of rotatable bonds is 2. The lowest BCUT2D eigenvalue weighted by molar-refractivity contribution is 0.877. The van der Waals surface area contributed by atoms with Gasteiger partial charge in [0, 0.05) is 22.7 Å². The van der Waals surface area contributed by atoms with E-state index in [2.05, 4.69) is 66.2 Å². The summed E-state index contributed by atoms with van der Waals surface area (Å²) < 4.78 is 1.85. The first kappa shape index (κ1) is 13.1. The number of benzene rings is 1. The smallest absolute Gasteiger partial charge is 0.158 e. The molecular weight excluding hydrogens is 272 g/mol. The predicted molar refractivity (Wildman–Crippen MR) is 89.1 cm³/mol. The van der Waals surface area contributed by atoms with Crippen LogP contribution in [-0.4, -0.2) is 19.6 Å². The lowest BCUT2D eigenvalue weighted by atomic mass is 9.96. The Morgan fingerprint density at radius 1 is 1.18 bits per heavy atom. The van der Waals surface area contributed by atoms with Gasteiger partial charge in [0.25, 0.3) is 0 Å². The quantitative estimate of drug-likeness (QED) is 0.598. The summed E-state index contributed by atoms with van der Waals surface area (Å²) in [5.74, 6) is 0.442. The lowest BCUT2D eigenvalue weighted by Crippen LogP contribution is -1.95. The minimum atomic E-state index is 0.442. The third-order valence-electron chi connectivity index (χ3n) is 4.17. The maximum absolute atomic E-state index is 4.29. The van der Waals surface area contributed by atoms with E-state index in [-0.39, 0.29) is 0 Å². The van der Waals surface area contributed by atoms with Gasteiger partial charge >= 0.3 is 0 Å². The van der Waals surface area contributed by atoms with Crippen LogP contribution >= 0.6 is 0 Å². The third kappa shape index (κ3) is 1.84. The molecule has 0 saturated carbocycles. The Morgan fingerprint density at radius 2 is 2.00 bits per heavy atom. The molecule has 0 aliphatic carbocycles. The van der Waals surface area contributed by atoms with Crippen LogP contribution in [0, 0.1) is 6.92 Å². The molecule has 4 rings (SSSR count). The van der Waals surface area contributed by atoms with Gasteiger partial charge in [0.15, 0.2) is 5.65 Å². The van der Waals surface area contributed by atoms with E-state index in [1.165, 1.54) is 22.2 Å². The molecule has 0 aliphatic rings. The van der Waals surface area contributed by atoms with Gasteiger partial charge in [0.2, 0.25) is 0 Å². The number of fused-ring (bicyclic) bond motifs is 2. The molecule has 4 nitrogen and oxygen atoms in total. The van der Waals surface area contributed by atoms with E-state index >= 15 is 0 Å². The van der Waals surface area contributed by atoms with Crippen molar-refractivity contribution in [3.63, 3.8) is 0 Å². The van der Waals surface area contributed by atoms with Crippen LogP contribution in [0.5, 0.6) is 0 Å². The van der Waals surface area contributed by atoms with Crippen molar-refractivity contribution in [2.45, 2.75) is 26.7 Å². The lowest BCUT2D eigenvalue weighted by Gasteiger charge is -2.09. The number of H-pyrrole nitrogens is 1. The summed E-state index contributed by atoms with van der Waals surface area (Å²) in [6.07, 6.45) is 3.65. The number of nitrogens with zero attached hydrogens (tertiary/aromatic N) is 3. The molecule has 0 radical (unpaired) electrons. The predicted octanol–water partition coefficient (Wildman–Crippen LogP) is 4.31. The normalized spacial score (nSPS) is 11.8. The van der Waals surface area contributed by atoms with Gasteiger partial charge in [0.05, 0.1) is 5.69 Å². The summed E-state index contributed by atoms with van der Waals surface area (Å²) in [5.41, 5.74) is 6.90. The van der Waals surface area contributed by atoms with Crippen LogP contribution in [0.3, 0.4) is 0 Å². The highest BCUT2D eigenvalue weighted by molar-refractivity contribution is 5.91. The summed E-state index contributed by atoms with van der Waals surface area (Å²) in [6.45, 7) is 6.55. The van der Waals surface area contributed by atoms with E-state index in [0.717, 1.165) is 16.8 Å². The SMILES string of the molecule is Cc1cc(-c2[nH]c3ccccc3c2C(C)C)cn2ncnc12. The van der Waals surface area contributed by atoms with Crippen LogP contribution in [0.15, 0.2) is 42.9 Å². The summed E-state index contributed by atoms with van der Waals surface area (Å²) in [5, 5.41) is 5.58. The second-order valence-electron chi connectivity index (χ2n) is 6.05. The topological polar surface area (TPSA) is 46.0 Å². The Balaban J connectivity index is 2.05. The van der Waals surface area contributed by atoms with Crippen molar-refractivity contribution in [2.75, 3.05) is 0 Å². The zero-order valence-corrected chi connectivity index (χ0v) is 13.0. The summed E-state index contributed by atoms with van der Waals surface area (Å²) in [4.78, 5) is 7.88. The van der Waals surface area contributed by atoms with Gasteiger partial charge in [-0.1, -0.05) is 32.0 Å². The molecule has 3 aromatic heterocycles. The number of aryl methyl sites for hydroxylation is 1. The monoisotopic (exact) mass is 290 g/mol. The molecular formula is C18H18N4. The Labute approximate surface area is 128 Å². The molecule has 4 aromatic rings. The van der Waals surface area contributed by atoms with Gasteiger partial charge in [-0.25, -0.2) is 9.50 Å². The van der Waals surface area contributed by atoms with Crippen molar-refractivity contribution in [3.05, 3.63) is 54.0 Å². The van der Waals surface area contributed by atoms with Crippen molar-refractivity contribution in [2.24, 2.45) is 0 Å². The molecule has 1 aromatic carbocycles. The van der Waals surface area contributed by atoms with Crippen LogP contribution < -0.4 is 0 Å². The highest BCUT2D eigenvalue weighted by Gasteiger charge is 2.17. The molecule has 4 heteroatoms. The van der Waals surface area contributed by atoms with Gasteiger partial charge in [-0.3, -0.25) is 0 Å². The Hall–Kier alpha value is -2.62. The molecule has 0 spiro atoms. The van der Waals surface area contributed by atoms with Gasteiger partial charge in [-0.05, 0) is 36.1 Å². The van der Waals surface area contributed by atoms with Crippen LogP contribution in [-0.2, 0) is 0 Å². The highest BCUT2D eigenvalue weighted by Crippen LogP contribution is 2.35. The second-order valence-corrected chi connectivity index (χ2v) is 6.05. The van der Waals surface area contributed by atoms with Crippen molar-refractivity contribution < 1.29 is 0 Å². The zero-order chi connectivity index (χ0) is 15.3. The van der Waals surface area contributed by atoms with E-state index in [9.17, 15) is 0 Å². The first-order chi connectivity index (χ1) is 10.6. The highest BCUT2D eigenvalue weighted by atomic mass is 15.3. The molecule has 0 unspecified atom stereocenters. The molecule has 0 atom stereocenters. The molecule has 0 saturated heterocycles. The van der Waals surface area contributed by atoms with Gasteiger partial charge in [-0.15, -0.1) is 0 Å². The average molecular weight is 290 g/mol. The van der Waals surface area contributed by atoms with Crippen molar-refractivity contribution in [1.29, 1.82) is 0 Å². The fourth-order valence-electron chi connectivity index (χ4n) is 3.22. The Kier molecular flexibility index (Phi) is 2.79. The van der Waals surface area contributed by atoms with Gasteiger partial charge in [0.1, 0.15) is 6.33 Å². The Bertz CT molecular complexity index is 975. The fourth-order valence-corrected chi connectivity index (χ4v) is 3.22. The maximum atomic E-state index is 4.29. The van der Waals surface area contributed by atoms with E-state index < -0.39 is 0 Å². The van der Waals surface area contributed by atoms with Gasteiger partial charge in [-0.2, -0.15) is 5.10 Å². The number of hydrogen-bond donors (Lipinski definition) is 1. The van der Waals surface area contributed by atoms with Crippen molar-refractivity contribution >= 4 is 16.6 Å². The molecule has 0 bridgehead atoms. The molecule has 0 amide bonds. The zero-order valence-electron chi connectivity index (χ0n) is 13.0.